The van der Waals surface area contributed by atoms with Crippen LogP contribution in [0.25, 0.3) is 0 Å². The Morgan fingerprint density at radius 3 is 2.34 bits per heavy atom. The average Bonchev–Trinajstić information content (AvgIpc) is 2.89. The van der Waals surface area contributed by atoms with Crippen LogP contribution in [0.5, 0.6) is 0 Å². The summed E-state index contributed by atoms with van der Waals surface area (Å²) >= 11 is 0. The zero-order valence-electron chi connectivity index (χ0n) is 19.5. The van der Waals surface area contributed by atoms with Crippen molar-refractivity contribution in [3.05, 3.63) is 101 Å². The Hall–Kier alpha value is -4.10. The zero-order chi connectivity index (χ0) is 24.4. The molecule has 2 unspecified atom stereocenters. The normalized spacial score (nSPS) is 21.3. The van der Waals surface area contributed by atoms with Gasteiger partial charge in [0.05, 0.1) is 17.8 Å². The third-order valence-electron chi connectivity index (χ3n) is 6.81. The molecule has 0 spiro atoms. The molecule has 4 amide bonds. The van der Waals surface area contributed by atoms with Crippen molar-refractivity contribution in [1.29, 1.82) is 0 Å². The molecule has 35 heavy (non-hydrogen) atoms. The molecule has 0 aliphatic carbocycles. The lowest BCUT2D eigenvalue weighted by molar-refractivity contribution is -0.781. The number of hydrazone groups is 1. The highest BCUT2D eigenvalue weighted by molar-refractivity contribution is 6.06. The first-order valence-electron chi connectivity index (χ1n) is 11.8. The third kappa shape index (κ3) is 4.38. The Balaban J connectivity index is 1.43. The molecule has 3 aromatic rings. The number of quaternary nitrogens is 1. The van der Waals surface area contributed by atoms with E-state index >= 15 is 0 Å². The molecule has 0 fully saturated rings. The minimum absolute atomic E-state index is 0.00919. The van der Waals surface area contributed by atoms with Crippen LogP contribution in [0.2, 0.25) is 0 Å². The molecule has 7 nitrogen and oxygen atoms in total. The van der Waals surface area contributed by atoms with E-state index in [1.807, 2.05) is 55.5 Å². The third-order valence-corrected chi connectivity index (χ3v) is 6.81. The number of hydrogen-bond acceptors (Lipinski definition) is 4. The van der Waals surface area contributed by atoms with Gasteiger partial charge in [0.2, 0.25) is 5.91 Å². The van der Waals surface area contributed by atoms with Gasteiger partial charge in [0.15, 0.2) is 0 Å². The molecule has 7 heteroatoms. The van der Waals surface area contributed by atoms with Crippen LogP contribution in [0.15, 0.2) is 84.0 Å². The first-order valence-corrected chi connectivity index (χ1v) is 11.8. The molecule has 2 heterocycles. The van der Waals surface area contributed by atoms with Crippen LogP contribution in [-0.4, -0.2) is 34.6 Å². The van der Waals surface area contributed by atoms with E-state index in [0.717, 1.165) is 16.8 Å². The van der Waals surface area contributed by atoms with Crippen molar-refractivity contribution in [2.24, 2.45) is 11.0 Å². The number of benzene rings is 3. The summed E-state index contributed by atoms with van der Waals surface area (Å²) in [5.74, 6) is -0.296. The highest BCUT2D eigenvalue weighted by Crippen LogP contribution is 2.29. The van der Waals surface area contributed by atoms with Crippen molar-refractivity contribution in [2.75, 3.05) is 11.9 Å². The van der Waals surface area contributed by atoms with Crippen LogP contribution in [0.3, 0.4) is 0 Å². The van der Waals surface area contributed by atoms with E-state index in [0.29, 0.717) is 37.2 Å². The predicted octanol–water partition coefficient (Wildman–Crippen LogP) is 4.49. The van der Waals surface area contributed by atoms with E-state index in [-0.39, 0.29) is 28.2 Å². The van der Waals surface area contributed by atoms with Gasteiger partial charge in [0.1, 0.15) is 6.54 Å². The van der Waals surface area contributed by atoms with E-state index < -0.39 is 0 Å². The first-order chi connectivity index (χ1) is 17.0. The van der Waals surface area contributed by atoms with Gasteiger partial charge < -0.3 is 0 Å². The van der Waals surface area contributed by atoms with Crippen molar-refractivity contribution >= 4 is 29.2 Å². The number of carbonyl (C=O) groups excluding carboxylic acids is 3. The lowest BCUT2D eigenvalue weighted by atomic mass is 9.94. The van der Waals surface area contributed by atoms with Crippen LogP contribution in [0.1, 0.15) is 40.4 Å². The topological polar surface area (TPSA) is 87.6 Å². The second-order valence-electron chi connectivity index (χ2n) is 9.18. The second kappa shape index (κ2) is 9.27. The van der Waals surface area contributed by atoms with E-state index in [1.165, 1.54) is 5.56 Å². The molecule has 2 atom stereocenters. The molecule has 2 N–H and O–H groups in total. The Kier molecular flexibility index (Phi) is 6.01. The monoisotopic (exact) mass is 467 g/mol. The van der Waals surface area contributed by atoms with Crippen molar-refractivity contribution in [2.45, 2.75) is 26.3 Å². The standard InChI is InChI=1S/C28H26N4O3/c1-19-17-25(33)30-31-26(19)21-11-13-24(14-12-21)29-28(35)32(27(34)22-8-3-2-4-9-22)16-15-20-7-5-6-10-23(20)18-32/h2-14,19H,15-18H2,1H3,(H-,29,30,31,33,35)/p+1. The van der Waals surface area contributed by atoms with E-state index in [1.54, 1.807) is 24.3 Å². The molecule has 176 valence electrons. The summed E-state index contributed by atoms with van der Waals surface area (Å²) in [4.78, 5) is 39.1. The van der Waals surface area contributed by atoms with Gasteiger partial charge in [-0.1, -0.05) is 61.5 Å². The fourth-order valence-electron chi connectivity index (χ4n) is 4.86. The number of nitrogens with one attached hydrogen (secondary N) is 2. The average molecular weight is 468 g/mol. The number of imide groups is 1. The molecular formula is C28H27N4O3+. The number of rotatable bonds is 3. The van der Waals surface area contributed by atoms with E-state index in [9.17, 15) is 14.4 Å². The fraction of sp³-hybridized carbons (Fsp3) is 0.214. The summed E-state index contributed by atoms with van der Waals surface area (Å²) in [7, 11) is 0. The number of carbonyl (C=O) groups is 3. The van der Waals surface area contributed by atoms with Gasteiger partial charge in [-0.25, -0.2) is 15.0 Å². The summed E-state index contributed by atoms with van der Waals surface area (Å²) < 4.78 is -0.321. The lowest BCUT2D eigenvalue weighted by Gasteiger charge is -2.36. The van der Waals surface area contributed by atoms with Crippen molar-refractivity contribution in [3.63, 3.8) is 0 Å². The quantitative estimate of drug-likeness (QED) is 0.557. The number of hydrogen-bond donors (Lipinski definition) is 2. The highest BCUT2D eigenvalue weighted by Gasteiger charge is 2.47. The number of amides is 4. The van der Waals surface area contributed by atoms with Gasteiger partial charge in [-0.2, -0.15) is 9.58 Å². The number of fused-ring (bicyclic) bond motifs is 1. The van der Waals surface area contributed by atoms with Crippen LogP contribution in [-0.2, 0) is 17.8 Å². The summed E-state index contributed by atoms with van der Waals surface area (Å²) in [6.07, 6.45) is 1.03. The maximum atomic E-state index is 13.8. The first kappa shape index (κ1) is 22.7. The van der Waals surface area contributed by atoms with E-state index in [2.05, 4.69) is 21.9 Å². The molecule has 0 aromatic heterocycles. The van der Waals surface area contributed by atoms with Crippen molar-refractivity contribution < 1.29 is 18.9 Å². The molecule has 3 aromatic carbocycles. The Morgan fingerprint density at radius 1 is 0.943 bits per heavy atom. The minimum atomic E-state index is -0.350. The number of urea groups is 1. The molecule has 0 bridgehead atoms. The van der Waals surface area contributed by atoms with Gasteiger partial charge in [0, 0.05) is 30.0 Å². The summed E-state index contributed by atoms with van der Waals surface area (Å²) in [6.45, 7) is 2.66. The Morgan fingerprint density at radius 2 is 1.63 bits per heavy atom. The Bertz CT molecular complexity index is 1320. The molecule has 0 saturated carbocycles. The smallest absolute Gasteiger partial charge is 0.275 e. The predicted molar refractivity (Wildman–Crippen MR) is 134 cm³/mol. The van der Waals surface area contributed by atoms with Gasteiger partial charge in [0.25, 0.3) is 0 Å². The number of anilines is 1. The summed E-state index contributed by atoms with van der Waals surface area (Å²) in [5.41, 5.74) is 7.52. The number of nitrogens with zero attached hydrogens (tertiary/aromatic N) is 2. The molecule has 2 aliphatic heterocycles. The van der Waals surface area contributed by atoms with Gasteiger partial charge in [-0.05, 0) is 35.4 Å². The molecule has 5 rings (SSSR count). The summed E-state index contributed by atoms with van der Waals surface area (Å²) in [5, 5.41) is 7.18. The van der Waals surface area contributed by atoms with E-state index in [4.69, 9.17) is 0 Å². The van der Waals surface area contributed by atoms with Crippen LogP contribution in [0.4, 0.5) is 10.5 Å². The SMILES string of the molecule is CC1CC(=O)NN=C1c1ccc(NC(=O)[N+]2(C(=O)c3ccccc3)CCc3ccccc3C2)cc1. The highest BCUT2D eigenvalue weighted by atomic mass is 16.2. The van der Waals surface area contributed by atoms with Gasteiger partial charge in [-0.15, -0.1) is 0 Å². The van der Waals surface area contributed by atoms with Gasteiger partial charge >= 0.3 is 11.9 Å². The van der Waals surface area contributed by atoms with Crippen molar-refractivity contribution in [1.82, 2.24) is 5.43 Å². The Labute approximate surface area is 204 Å². The largest absolute Gasteiger partial charge is 0.429 e. The zero-order valence-corrected chi connectivity index (χ0v) is 19.5. The second-order valence-corrected chi connectivity index (χ2v) is 9.18. The fourth-order valence-corrected chi connectivity index (χ4v) is 4.86. The van der Waals surface area contributed by atoms with Gasteiger partial charge in [-0.3, -0.25) is 10.1 Å². The molecular weight excluding hydrogens is 440 g/mol. The maximum Gasteiger partial charge on any atom is 0.429 e. The van der Waals surface area contributed by atoms with Crippen LogP contribution >= 0.6 is 0 Å². The van der Waals surface area contributed by atoms with Crippen LogP contribution in [0, 0.1) is 5.92 Å². The lowest BCUT2D eigenvalue weighted by Crippen LogP contribution is -2.60. The molecule has 0 saturated heterocycles. The molecule has 2 aliphatic rings. The summed E-state index contributed by atoms with van der Waals surface area (Å²) in [6, 6.07) is 24.0. The minimum Gasteiger partial charge on any atom is -0.275 e. The molecule has 0 radical (unpaired) electrons. The van der Waals surface area contributed by atoms with Crippen LogP contribution < -0.4 is 10.7 Å². The maximum absolute atomic E-state index is 13.8. The van der Waals surface area contributed by atoms with Crippen molar-refractivity contribution in [3.8, 4) is 0 Å².